The van der Waals surface area contributed by atoms with Gasteiger partial charge in [0.2, 0.25) is 0 Å². The van der Waals surface area contributed by atoms with Gasteiger partial charge in [0.05, 0.1) is 16.0 Å². The SMILES string of the molecule is CN(C)CC[C@H](CSc1ccccc1)Nc1ccc(S(=O)(=O)NC(=O)c2cccc(N3CCc4cccc(C(=O)NC5CCCCS5)c4C3)n2)cc1S(=O)(=O)C(F)(F)F. The summed E-state index contributed by atoms with van der Waals surface area (Å²) in [5, 5.41) is 6.09. The van der Waals surface area contributed by atoms with E-state index in [0.29, 0.717) is 55.7 Å². The number of thioether (sulfide) groups is 2. The Morgan fingerprint density at radius 2 is 1.73 bits per heavy atom. The zero-order chi connectivity index (χ0) is 42.4. The summed E-state index contributed by atoms with van der Waals surface area (Å²) in [6.45, 7) is 1.31. The van der Waals surface area contributed by atoms with E-state index in [9.17, 15) is 39.6 Å². The number of fused-ring (bicyclic) bond motifs is 1. The van der Waals surface area contributed by atoms with Gasteiger partial charge in [0.1, 0.15) is 16.4 Å². The number of carbonyl (C=O) groups excluding carboxylic acids is 2. The molecule has 316 valence electrons. The third-order valence-corrected chi connectivity index (χ3v) is 15.2. The summed E-state index contributed by atoms with van der Waals surface area (Å²) >= 11 is 3.15. The minimum Gasteiger partial charge on any atom is -0.380 e. The highest BCUT2D eigenvalue weighted by molar-refractivity contribution is 8.00. The second-order valence-electron chi connectivity index (χ2n) is 14.4. The summed E-state index contributed by atoms with van der Waals surface area (Å²) in [6, 6.07) is 21.1. The highest BCUT2D eigenvalue weighted by atomic mass is 32.2. The quantitative estimate of drug-likeness (QED) is 0.111. The fraction of sp³-hybridized carbons (Fsp3) is 0.375. The van der Waals surface area contributed by atoms with Crippen LogP contribution in [0.2, 0.25) is 0 Å². The van der Waals surface area contributed by atoms with E-state index in [4.69, 9.17) is 0 Å². The van der Waals surface area contributed by atoms with Gasteiger partial charge in [-0.25, -0.2) is 26.5 Å². The van der Waals surface area contributed by atoms with Gasteiger partial charge in [-0.1, -0.05) is 36.4 Å². The number of alkyl halides is 3. The van der Waals surface area contributed by atoms with Crippen LogP contribution in [0.3, 0.4) is 0 Å². The average Bonchev–Trinajstić information content (AvgIpc) is 3.21. The maximum Gasteiger partial charge on any atom is 0.501 e. The van der Waals surface area contributed by atoms with Crippen LogP contribution in [0.4, 0.5) is 24.7 Å². The molecule has 2 aliphatic rings. The van der Waals surface area contributed by atoms with Crippen molar-refractivity contribution >= 4 is 66.7 Å². The lowest BCUT2D eigenvalue weighted by Gasteiger charge is -2.31. The minimum atomic E-state index is -6.07. The largest absolute Gasteiger partial charge is 0.501 e. The first-order valence-corrected chi connectivity index (χ1v) is 23.9. The lowest BCUT2D eigenvalue weighted by atomic mass is 9.94. The maximum absolute atomic E-state index is 14.1. The van der Waals surface area contributed by atoms with Crippen molar-refractivity contribution in [3.05, 3.63) is 107 Å². The lowest BCUT2D eigenvalue weighted by Crippen LogP contribution is -2.37. The van der Waals surface area contributed by atoms with Gasteiger partial charge in [0.25, 0.3) is 31.7 Å². The molecule has 2 atom stereocenters. The Balaban J connectivity index is 1.21. The summed E-state index contributed by atoms with van der Waals surface area (Å²) in [6.07, 6.45) is 4.06. The van der Waals surface area contributed by atoms with E-state index in [1.54, 1.807) is 23.9 Å². The fourth-order valence-corrected chi connectivity index (χ4v) is 10.9. The average molecular weight is 891 g/mol. The molecule has 0 saturated carbocycles. The summed E-state index contributed by atoms with van der Waals surface area (Å²) < 4.78 is 97.1. The van der Waals surface area contributed by atoms with Crippen molar-refractivity contribution in [2.45, 2.75) is 70.3 Å². The van der Waals surface area contributed by atoms with Crippen LogP contribution in [0.25, 0.3) is 0 Å². The molecule has 0 spiro atoms. The molecule has 3 heterocycles. The Morgan fingerprint density at radius 1 is 0.966 bits per heavy atom. The van der Waals surface area contributed by atoms with Gasteiger partial charge >= 0.3 is 5.51 Å². The molecule has 1 unspecified atom stereocenters. The normalized spacial score (nSPS) is 16.6. The number of anilines is 2. The molecule has 12 nitrogen and oxygen atoms in total. The lowest BCUT2D eigenvalue weighted by molar-refractivity contribution is -0.0436. The highest BCUT2D eigenvalue weighted by Gasteiger charge is 2.48. The first-order valence-electron chi connectivity index (χ1n) is 18.9. The molecule has 6 rings (SSSR count). The van der Waals surface area contributed by atoms with Crippen molar-refractivity contribution < 1.29 is 39.6 Å². The topological polar surface area (TPSA) is 158 Å². The van der Waals surface area contributed by atoms with Crippen LogP contribution in [0, 0.1) is 0 Å². The number of pyridine rings is 1. The third kappa shape index (κ3) is 11.1. The molecule has 19 heteroatoms. The van der Waals surface area contributed by atoms with Gasteiger partial charge in [-0.3, -0.25) is 9.59 Å². The van der Waals surface area contributed by atoms with Crippen LogP contribution < -0.4 is 20.3 Å². The summed E-state index contributed by atoms with van der Waals surface area (Å²) in [5.74, 6) is 0.322. The van der Waals surface area contributed by atoms with Gasteiger partial charge in [-0.2, -0.15) is 13.2 Å². The number of hydrogen-bond acceptors (Lipinski definition) is 12. The molecule has 2 amide bonds. The van der Waals surface area contributed by atoms with Gasteiger partial charge in [-0.15, -0.1) is 23.5 Å². The number of hydrogen-bond donors (Lipinski definition) is 3. The van der Waals surface area contributed by atoms with E-state index >= 15 is 0 Å². The molecule has 2 aliphatic heterocycles. The number of nitrogens with one attached hydrogen (secondary N) is 3. The van der Waals surface area contributed by atoms with Gasteiger partial charge < -0.3 is 20.4 Å². The number of halogens is 3. The van der Waals surface area contributed by atoms with E-state index in [-0.39, 0.29) is 17.0 Å². The van der Waals surface area contributed by atoms with Crippen molar-refractivity contribution in [3.8, 4) is 0 Å². The van der Waals surface area contributed by atoms with E-state index in [0.717, 1.165) is 53.2 Å². The zero-order valence-corrected chi connectivity index (χ0v) is 35.6. The fourth-order valence-electron chi connectivity index (χ4n) is 6.71. The Bertz CT molecular complexity index is 2360. The van der Waals surface area contributed by atoms with E-state index in [1.165, 1.54) is 23.9 Å². The number of sulfone groups is 1. The first kappa shape index (κ1) is 44.3. The molecular weight excluding hydrogens is 846 g/mol. The number of rotatable bonds is 15. The van der Waals surface area contributed by atoms with Gasteiger partial charge in [0.15, 0.2) is 0 Å². The number of sulfonamides is 1. The van der Waals surface area contributed by atoms with Crippen LogP contribution >= 0.6 is 23.5 Å². The number of benzene rings is 3. The van der Waals surface area contributed by atoms with Crippen molar-refractivity contribution in [1.29, 1.82) is 0 Å². The smallest absolute Gasteiger partial charge is 0.380 e. The molecular formula is C40H45F3N6O6S4. The van der Waals surface area contributed by atoms with Crippen LogP contribution in [-0.2, 0) is 32.8 Å². The molecule has 1 aromatic heterocycles. The highest BCUT2D eigenvalue weighted by Crippen LogP contribution is 2.37. The number of aromatic nitrogens is 1. The Labute approximate surface area is 351 Å². The summed E-state index contributed by atoms with van der Waals surface area (Å²) in [5.41, 5.74) is -4.13. The second kappa shape index (κ2) is 19.0. The predicted octanol–water partition coefficient (Wildman–Crippen LogP) is 6.55. The third-order valence-electron chi connectivity index (χ3n) is 9.84. The van der Waals surface area contributed by atoms with E-state index in [1.807, 2.05) is 71.1 Å². The van der Waals surface area contributed by atoms with Crippen LogP contribution in [0.5, 0.6) is 0 Å². The second-order valence-corrected chi connectivity index (χ2v) is 20.4. The van der Waals surface area contributed by atoms with Crippen LogP contribution in [-0.4, -0.2) is 94.1 Å². The van der Waals surface area contributed by atoms with Crippen LogP contribution in [0.1, 0.15) is 57.7 Å². The minimum absolute atomic E-state index is 0.0370. The van der Waals surface area contributed by atoms with Gasteiger partial charge in [0, 0.05) is 35.3 Å². The first-order chi connectivity index (χ1) is 28.0. The molecule has 0 bridgehead atoms. The van der Waals surface area contributed by atoms with Crippen molar-refractivity contribution in [1.82, 2.24) is 19.9 Å². The number of nitrogens with zero attached hydrogens (tertiary/aromatic N) is 3. The van der Waals surface area contributed by atoms with Crippen molar-refractivity contribution in [2.75, 3.05) is 48.9 Å². The molecule has 1 fully saturated rings. The number of amides is 2. The molecule has 59 heavy (non-hydrogen) atoms. The van der Waals surface area contributed by atoms with Crippen molar-refractivity contribution in [2.24, 2.45) is 0 Å². The monoisotopic (exact) mass is 890 g/mol. The Hall–Kier alpha value is -4.30. The van der Waals surface area contributed by atoms with Crippen LogP contribution in [0.15, 0.2) is 99.6 Å². The predicted molar refractivity (Wildman–Crippen MR) is 225 cm³/mol. The molecule has 1 saturated heterocycles. The van der Waals surface area contributed by atoms with Crippen molar-refractivity contribution in [3.63, 3.8) is 0 Å². The summed E-state index contributed by atoms with van der Waals surface area (Å²) in [4.78, 5) is 33.7. The zero-order valence-electron chi connectivity index (χ0n) is 32.4. The summed E-state index contributed by atoms with van der Waals surface area (Å²) in [7, 11) is -7.35. The Morgan fingerprint density at radius 3 is 2.44 bits per heavy atom. The van der Waals surface area contributed by atoms with Gasteiger partial charge in [-0.05, 0) is 118 Å². The van der Waals surface area contributed by atoms with E-state index in [2.05, 4.69) is 15.6 Å². The standard InChI is InChI=1S/C40H45F3N6O6S4/c1-48(2)21-20-28(26-57-29-11-4-3-5-12-29)44-33-18-17-30(24-35(33)58(52,53)40(41,42)43)59(54,55)47-39(51)34-14-9-15-36(45-34)49-22-19-27-10-8-13-31(32(27)25-49)38(50)46-37-16-6-7-23-56-37/h3-5,8-15,17-18,24,28,37,44H,6-7,16,19-23,25-26H2,1-2H3,(H,46,50)(H,47,51)/t28-,37?/m1/s1. The molecule has 0 radical (unpaired) electrons. The molecule has 0 aliphatic carbocycles. The maximum atomic E-state index is 14.1. The molecule has 4 aromatic rings. The molecule has 3 N–H and O–H groups in total. The Kier molecular flexibility index (Phi) is 14.2. The number of carbonyl (C=O) groups is 2. The van der Waals surface area contributed by atoms with E-state index < -0.39 is 52.8 Å². The molecule has 3 aromatic carbocycles.